The molecule has 2 nitrogen and oxygen atoms in total. The molecule has 1 saturated heterocycles. The van der Waals surface area contributed by atoms with Crippen LogP contribution in [-0.4, -0.2) is 36.1 Å². The van der Waals surface area contributed by atoms with Gasteiger partial charge in [-0.05, 0) is 46.5 Å². The van der Waals surface area contributed by atoms with Crippen LogP contribution in [0.25, 0.3) is 0 Å². The summed E-state index contributed by atoms with van der Waals surface area (Å²) in [6, 6.07) is 0.754. The zero-order chi connectivity index (χ0) is 13.9. The van der Waals surface area contributed by atoms with Gasteiger partial charge in [-0.15, -0.1) is 0 Å². The molecular weight excluding hydrogens is 232 g/mol. The largest absolute Gasteiger partial charge is 0.309 e. The molecule has 1 saturated carbocycles. The van der Waals surface area contributed by atoms with E-state index in [1.54, 1.807) is 0 Å². The Balaban J connectivity index is 2.03. The molecule has 0 aromatic carbocycles. The molecule has 2 rings (SSSR count). The van der Waals surface area contributed by atoms with Gasteiger partial charge in [-0.3, -0.25) is 4.90 Å². The first kappa shape index (κ1) is 15.1. The van der Waals surface area contributed by atoms with Crippen LogP contribution < -0.4 is 5.32 Å². The Kier molecular flexibility index (Phi) is 5.08. The van der Waals surface area contributed by atoms with E-state index >= 15 is 0 Å². The average Bonchev–Trinajstić information content (AvgIpc) is 2.36. The van der Waals surface area contributed by atoms with Crippen LogP contribution in [0.4, 0.5) is 0 Å². The second kappa shape index (κ2) is 6.41. The van der Waals surface area contributed by atoms with Crippen molar-refractivity contribution >= 4 is 0 Å². The van der Waals surface area contributed by atoms with Crippen molar-refractivity contribution < 1.29 is 0 Å². The summed E-state index contributed by atoms with van der Waals surface area (Å²) >= 11 is 0. The molecule has 2 fully saturated rings. The lowest BCUT2D eigenvalue weighted by atomic mass is 9.81. The Bertz CT molecular complexity index is 309. The fourth-order valence-corrected chi connectivity index (χ4v) is 3.67. The summed E-state index contributed by atoms with van der Waals surface area (Å²) in [6.07, 6.45) is 9.63. The van der Waals surface area contributed by atoms with Gasteiger partial charge in [-0.2, -0.15) is 0 Å². The van der Waals surface area contributed by atoms with E-state index in [0.29, 0.717) is 0 Å². The van der Waals surface area contributed by atoms with Crippen LogP contribution in [0.15, 0.2) is 11.6 Å². The van der Waals surface area contributed by atoms with Crippen LogP contribution in [0, 0.1) is 5.92 Å². The smallest absolute Gasteiger partial charge is 0.0253 e. The maximum atomic E-state index is 3.76. The van der Waals surface area contributed by atoms with Crippen molar-refractivity contribution in [2.45, 2.75) is 71.4 Å². The van der Waals surface area contributed by atoms with E-state index in [0.717, 1.165) is 18.5 Å². The van der Waals surface area contributed by atoms with E-state index in [4.69, 9.17) is 0 Å². The summed E-state index contributed by atoms with van der Waals surface area (Å²) in [7, 11) is 0. The van der Waals surface area contributed by atoms with Gasteiger partial charge in [0.25, 0.3) is 0 Å². The van der Waals surface area contributed by atoms with Gasteiger partial charge in [0.05, 0.1) is 0 Å². The van der Waals surface area contributed by atoms with Gasteiger partial charge in [0.1, 0.15) is 0 Å². The summed E-state index contributed by atoms with van der Waals surface area (Å²) in [5.41, 5.74) is 1.71. The van der Waals surface area contributed by atoms with E-state index < -0.39 is 0 Å². The van der Waals surface area contributed by atoms with Gasteiger partial charge in [-0.25, -0.2) is 0 Å². The molecule has 2 aliphatic rings. The zero-order valence-corrected chi connectivity index (χ0v) is 13.3. The maximum Gasteiger partial charge on any atom is 0.0253 e. The molecule has 1 heterocycles. The Morgan fingerprint density at radius 1 is 1.21 bits per heavy atom. The quantitative estimate of drug-likeness (QED) is 0.784. The number of allylic oxidation sites excluding steroid dienone is 1. The van der Waals surface area contributed by atoms with Crippen molar-refractivity contribution in [1.29, 1.82) is 0 Å². The fourth-order valence-electron chi connectivity index (χ4n) is 3.67. The number of hydrogen-bond acceptors (Lipinski definition) is 2. The highest BCUT2D eigenvalue weighted by molar-refractivity contribution is 5.01. The Morgan fingerprint density at radius 3 is 2.53 bits per heavy atom. The highest BCUT2D eigenvalue weighted by Crippen LogP contribution is 2.31. The van der Waals surface area contributed by atoms with Gasteiger partial charge in [0, 0.05) is 31.2 Å². The lowest BCUT2D eigenvalue weighted by molar-refractivity contribution is 0.0574. The molecule has 2 heteroatoms. The Morgan fingerprint density at radius 2 is 1.89 bits per heavy atom. The molecule has 19 heavy (non-hydrogen) atoms. The topological polar surface area (TPSA) is 15.3 Å². The summed E-state index contributed by atoms with van der Waals surface area (Å²) < 4.78 is 0. The minimum atomic E-state index is 0.265. The molecule has 0 aromatic heterocycles. The van der Waals surface area contributed by atoms with Crippen molar-refractivity contribution in [1.82, 2.24) is 10.2 Å². The Hall–Kier alpha value is -0.340. The third-order valence-electron chi connectivity index (χ3n) is 4.79. The molecule has 0 spiro atoms. The van der Waals surface area contributed by atoms with E-state index in [9.17, 15) is 0 Å². The van der Waals surface area contributed by atoms with Gasteiger partial charge in [0.2, 0.25) is 0 Å². The molecule has 110 valence electrons. The summed E-state index contributed by atoms with van der Waals surface area (Å²) in [5.74, 6) is 0.919. The first-order valence-electron chi connectivity index (χ1n) is 8.10. The molecule has 1 atom stereocenters. The fraction of sp³-hybridized carbons (Fsp3) is 0.882. The average molecular weight is 264 g/mol. The second-order valence-corrected chi connectivity index (χ2v) is 7.44. The van der Waals surface area contributed by atoms with Crippen LogP contribution in [0.2, 0.25) is 0 Å². The van der Waals surface area contributed by atoms with Crippen molar-refractivity contribution in [3.8, 4) is 0 Å². The highest BCUT2D eigenvalue weighted by Gasteiger charge is 2.36. The Labute approximate surface area is 119 Å². The van der Waals surface area contributed by atoms with Crippen LogP contribution in [0.5, 0.6) is 0 Å². The third-order valence-corrected chi connectivity index (χ3v) is 4.79. The number of hydrogen-bond donors (Lipinski definition) is 1. The van der Waals surface area contributed by atoms with E-state index in [2.05, 4.69) is 44.0 Å². The van der Waals surface area contributed by atoms with Gasteiger partial charge in [0.15, 0.2) is 0 Å². The second-order valence-electron chi connectivity index (χ2n) is 7.44. The van der Waals surface area contributed by atoms with Crippen LogP contribution >= 0.6 is 0 Å². The van der Waals surface area contributed by atoms with Crippen molar-refractivity contribution in [2.75, 3.05) is 19.6 Å². The number of nitrogens with zero attached hydrogens (tertiary/aromatic N) is 1. The van der Waals surface area contributed by atoms with Gasteiger partial charge < -0.3 is 5.32 Å². The van der Waals surface area contributed by atoms with Crippen molar-refractivity contribution in [3.63, 3.8) is 0 Å². The predicted octanol–water partition coefficient (Wildman–Crippen LogP) is 3.59. The third kappa shape index (κ3) is 4.32. The maximum absolute atomic E-state index is 3.76. The lowest BCUT2D eigenvalue weighted by Gasteiger charge is -2.48. The van der Waals surface area contributed by atoms with Gasteiger partial charge >= 0.3 is 0 Å². The minimum Gasteiger partial charge on any atom is -0.309 e. The predicted molar refractivity (Wildman–Crippen MR) is 83.4 cm³/mol. The summed E-state index contributed by atoms with van der Waals surface area (Å²) in [5, 5.41) is 3.76. The lowest BCUT2D eigenvalue weighted by Crippen LogP contribution is -2.63. The van der Waals surface area contributed by atoms with Crippen LogP contribution in [0.3, 0.4) is 0 Å². The van der Waals surface area contributed by atoms with Crippen molar-refractivity contribution in [2.24, 2.45) is 5.92 Å². The van der Waals surface area contributed by atoms with Gasteiger partial charge in [-0.1, -0.05) is 30.9 Å². The highest BCUT2D eigenvalue weighted by atomic mass is 15.2. The monoisotopic (exact) mass is 264 g/mol. The number of piperazine rings is 1. The molecule has 1 aliphatic carbocycles. The summed E-state index contributed by atoms with van der Waals surface area (Å²) in [6.45, 7) is 12.6. The molecule has 1 aliphatic heterocycles. The molecule has 1 N–H and O–H groups in total. The van der Waals surface area contributed by atoms with E-state index in [-0.39, 0.29) is 5.54 Å². The number of nitrogens with one attached hydrogen (secondary N) is 1. The number of rotatable bonds is 3. The summed E-state index contributed by atoms with van der Waals surface area (Å²) in [4.78, 5) is 2.74. The molecular formula is C17H32N2. The normalized spacial score (nSPS) is 29.2. The minimum absolute atomic E-state index is 0.265. The first-order valence-corrected chi connectivity index (χ1v) is 8.10. The van der Waals surface area contributed by atoms with Crippen molar-refractivity contribution in [3.05, 3.63) is 11.6 Å². The van der Waals surface area contributed by atoms with Crippen LogP contribution in [-0.2, 0) is 0 Å². The molecule has 0 bridgehead atoms. The standard InChI is InChI=1S/C17H32N2/c1-14(2)10-11-19-13-17(3,4)18-12-16(19)15-8-6-5-7-9-15/h10,15-16,18H,5-9,11-13H2,1-4H3. The van der Waals surface area contributed by atoms with Crippen LogP contribution in [0.1, 0.15) is 59.8 Å². The van der Waals surface area contributed by atoms with E-state index in [1.807, 2.05) is 0 Å². The van der Waals surface area contributed by atoms with E-state index in [1.165, 1.54) is 50.8 Å². The SMILES string of the molecule is CC(C)=CCN1CC(C)(C)NCC1C1CCCCC1. The molecule has 1 unspecified atom stereocenters. The first-order chi connectivity index (χ1) is 8.98. The molecule has 0 aromatic rings. The molecule has 0 amide bonds. The molecule has 0 radical (unpaired) electrons. The zero-order valence-electron chi connectivity index (χ0n) is 13.3.